The summed E-state index contributed by atoms with van der Waals surface area (Å²) in [5.41, 5.74) is 2.40. The zero-order valence-electron chi connectivity index (χ0n) is 16.9. The van der Waals surface area contributed by atoms with Crippen LogP contribution in [0, 0.1) is 17.7 Å². The van der Waals surface area contributed by atoms with E-state index in [1.807, 2.05) is 18.2 Å². The van der Waals surface area contributed by atoms with Crippen molar-refractivity contribution in [2.45, 2.75) is 25.8 Å². The van der Waals surface area contributed by atoms with E-state index in [9.17, 15) is 9.18 Å². The average molecular weight is 396 g/mol. The number of hydrogen-bond donors (Lipinski definition) is 1. The summed E-state index contributed by atoms with van der Waals surface area (Å²) >= 11 is 0. The number of halogens is 1. The minimum Gasteiger partial charge on any atom is -0.371 e. The minimum absolute atomic E-state index is 0.136. The third-order valence-electron chi connectivity index (χ3n) is 6.25. The van der Waals surface area contributed by atoms with Crippen LogP contribution in [-0.4, -0.2) is 43.5 Å². The summed E-state index contributed by atoms with van der Waals surface area (Å²) in [7, 11) is 0. The van der Waals surface area contributed by atoms with Crippen LogP contribution in [0.3, 0.4) is 0 Å². The second-order valence-corrected chi connectivity index (χ2v) is 8.36. The van der Waals surface area contributed by atoms with Crippen LogP contribution in [0.15, 0.2) is 54.6 Å². The number of nitrogens with one attached hydrogen (secondary N) is 1. The molecule has 2 aromatic rings. The normalized spacial score (nSPS) is 20.7. The Kier molecular flexibility index (Phi) is 6.45. The first-order valence-corrected chi connectivity index (χ1v) is 10.7. The molecule has 1 N–H and O–H groups in total. The van der Waals surface area contributed by atoms with Crippen LogP contribution in [-0.2, 0) is 11.3 Å². The van der Waals surface area contributed by atoms with E-state index in [0.717, 1.165) is 64.2 Å². The number of rotatable bonds is 6. The van der Waals surface area contributed by atoms with Crippen LogP contribution in [0.2, 0.25) is 0 Å². The van der Waals surface area contributed by atoms with Gasteiger partial charge in [-0.3, -0.25) is 9.69 Å². The number of piperidine rings is 1. The molecule has 154 valence electrons. The van der Waals surface area contributed by atoms with E-state index in [4.69, 9.17) is 0 Å². The molecule has 0 saturated carbocycles. The van der Waals surface area contributed by atoms with Crippen LogP contribution in [0.1, 0.15) is 24.8 Å². The number of hydrogen-bond acceptors (Lipinski definition) is 3. The third-order valence-corrected chi connectivity index (χ3v) is 6.25. The summed E-state index contributed by atoms with van der Waals surface area (Å²) in [6.07, 6.45) is 2.93. The van der Waals surface area contributed by atoms with E-state index >= 15 is 0 Å². The van der Waals surface area contributed by atoms with Crippen molar-refractivity contribution in [1.82, 2.24) is 10.2 Å². The lowest BCUT2D eigenvalue weighted by Crippen LogP contribution is -2.41. The van der Waals surface area contributed by atoms with Crippen LogP contribution in [0.25, 0.3) is 0 Å². The number of carbonyl (C=O) groups excluding carboxylic acids is 1. The molecule has 0 aromatic heterocycles. The number of benzene rings is 2. The van der Waals surface area contributed by atoms with Gasteiger partial charge in [-0.15, -0.1) is 0 Å². The Hall–Kier alpha value is -2.40. The Morgan fingerprint density at radius 3 is 2.41 bits per heavy atom. The Bertz CT molecular complexity index is 788. The SMILES string of the molecule is O=C(NC[C@H]1CCN(c2ccc(F)cc2)C1)C1CCN(Cc2ccccc2)CC1. The molecule has 0 radical (unpaired) electrons. The molecule has 0 spiro atoms. The summed E-state index contributed by atoms with van der Waals surface area (Å²) in [5, 5.41) is 3.20. The summed E-state index contributed by atoms with van der Waals surface area (Å²) in [6, 6.07) is 17.2. The maximum Gasteiger partial charge on any atom is 0.223 e. The van der Waals surface area contributed by atoms with Crippen LogP contribution in [0.4, 0.5) is 10.1 Å². The van der Waals surface area contributed by atoms with Gasteiger partial charge in [0.1, 0.15) is 5.82 Å². The number of anilines is 1. The summed E-state index contributed by atoms with van der Waals surface area (Å²) < 4.78 is 13.1. The fourth-order valence-corrected chi connectivity index (χ4v) is 4.47. The molecule has 5 heteroatoms. The van der Waals surface area contributed by atoms with Gasteiger partial charge >= 0.3 is 0 Å². The summed E-state index contributed by atoms with van der Waals surface area (Å²) in [4.78, 5) is 17.3. The largest absolute Gasteiger partial charge is 0.371 e. The monoisotopic (exact) mass is 395 g/mol. The quantitative estimate of drug-likeness (QED) is 0.811. The van der Waals surface area contributed by atoms with E-state index in [0.29, 0.717) is 5.92 Å². The minimum atomic E-state index is -0.202. The fourth-order valence-electron chi connectivity index (χ4n) is 4.47. The molecule has 2 fully saturated rings. The Balaban J connectivity index is 1.17. The lowest BCUT2D eigenvalue weighted by atomic mass is 9.95. The highest BCUT2D eigenvalue weighted by molar-refractivity contribution is 5.78. The van der Waals surface area contributed by atoms with Gasteiger partial charge in [0, 0.05) is 37.8 Å². The van der Waals surface area contributed by atoms with E-state index in [2.05, 4.69) is 39.4 Å². The van der Waals surface area contributed by atoms with Gasteiger partial charge in [-0.2, -0.15) is 0 Å². The van der Waals surface area contributed by atoms with Gasteiger partial charge in [-0.1, -0.05) is 30.3 Å². The van der Waals surface area contributed by atoms with E-state index < -0.39 is 0 Å². The average Bonchev–Trinajstić information content (AvgIpc) is 3.23. The Morgan fingerprint density at radius 2 is 1.69 bits per heavy atom. The van der Waals surface area contributed by atoms with Crippen molar-refractivity contribution in [3.05, 3.63) is 66.0 Å². The van der Waals surface area contributed by atoms with Gasteiger partial charge in [0.05, 0.1) is 0 Å². The van der Waals surface area contributed by atoms with Gasteiger partial charge in [-0.25, -0.2) is 4.39 Å². The van der Waals surface area contributed by atoms with Gasteiger partial charge in [0.25, 0.3) is 0 Å². The van der Waals surface area contributed by atoms with Crippen LogP contribution >= 0.6 is 0 Å². The highest BCUT2D eigenvalue weighted by Crippen LogP contribution is 2.24. The molecule has 4 rings (SSSR count). The smallest absolute Gasteiger partial charge is 0.223 e. The zero-order valence-corrected chi connectivity index (χ0v) is 16.9. The Morgan fingerprint density at radius 1 is 0.966 bits per heavy atom. The Labute approximate surface area is 172 Å². The molecule has 2 aliphatic rings. The number of amides is 1. The summed E-state index contributed by atoms with van der Waals surface area (Å²) in [6.45, 7) is 5.55. The molecular weight excluding hydrogens is 365 g/mol. The molecule has 0 unspecified atom stereocenters. The first-order chi connectivity index (χ1) is 14.2. The van der Waals surface area contributed by atoms with E-state index in [-0.39, 0.29) is 17.6 Å². The molecule has 2 aliphatic heterocycles. The molecule has 1 atom stereocenters. The molecule has 0 aliphatic carbocycles. The fraction of sp³-hybridized carbons (Fsp3) is 0.458. The predicted molar refractivity (Wildman–Crippen MR) is 114 cm³/mol. The molecule has 1 amide bonds. The van der Waals surface area contributed by atoms with Gasteiger partial charge in [0.2, 0.25) is 5.91 Å². The molecule has 29 heavy (non-hydrogen) atoms. The molecule has 2 heterocycles. The maximum absolute atomic E-state index is 13.1. The van der Waals surface area contributed by atoms with Crippen LogP contribution in [0.5, 0.6) is 0 Å². The highest BCUT2D eigenvalue weighted by Gasteiger charge is 2.27. The van der Waals surface area contributed by atoms with Crippen molar-refractivity contribution in [2.75, 3.05) is 37.6 Å². The maximum atomic E-state index is 13.1. The summed E-state index contributed by atoms with van der Waals surface area (Å²) in [5.74, 6) is 0.606. The second kappa shape index (κ2) is 9.40. The van der Waals surface area contributed by atoms with Crippen molar-refractivity contribution >= 4 is 11.6 Å². The van der Waals surface area contributed by atoms with E-state index in [1.54, 1.807) is 0 Å². The number of nitrogens with zero attached hydrogens (tertiary/aromatic N) is 2. The lowest BCUT2D eigenvalue weighted by Gasteiger charge is -2.31. The number of carbonyl (C=O) groups is 1. The molecule has 2 aromatic carbocycles. The van der Waals surface area contributed by atoms with Crippen molar-refractivity contribution in [3.63, 3.8) is 0 Å². The van der Waals surface area contributed by atoms with E-state index in [1.165, 1.54) is 17.7 Å². The lowest BCUT2D eigenvalue weighted by molar-refractivity contribution is -0.126. The first-order valence-electron chi connectivity index (χ1n) is 10.7. The zero-order chi connectivity index (χ0) is 20.1. The molecule has 4 nitrogen and oxygen atoms in total. The first kappa shape index (κ1) is 19.9. The standard InChI is InChI=1S/C24H30FN3O/c25-22-6-8-23(9-7-22)28-15-10-20(18-28)16-26-24(29)21-11-13-27(14-12-21)17-19-4-2-1-3-5-19/h1-9,20-21H,10-18H2,(H,26,29)/t20-/m1/s1. The third kappa shape index (κ3) is 5.36. The van der Waals surface area contributed by atoms with Crippen molar-refractivity contribution in [2.24, 2.45) is 11.8 Å². The van der Waals surface area contributed by atoms with Gasteiger partial charge in [0.15, 0.2) is 0 Å². The van der Waals surface area contributed by atoms with Gasteiger partial charge in [-0.05, 0) is 68.1 Å². The predicted octanol–water partition coefficient (Wildman–Crippen LogP) is 3.68. The van der Waals surface area contributed by atoms with Crippen molar-refractivity contribution < 1.29 is 9.18 Å². The second-order valence-electron chi connectivity index (χ2n) is 8.36. The molecule has 2 saturated heterocycles. The van der Waals surface area contributed by atoms with Crippen molar-refractivity contribution in [3.8, 4) is 0 Å². The topological polar surface area (TPSA) is 35.6 Å². The highest BCUT2D eigenvalue weighted by atomic mass is 19.1. The number of likely N-dealkylation sites (tertiary alicyclic amines) is 1. The molecular formula is C24H30FN3O. The van der Waals surface area contributed by atoms with Crippen LogP contribution < -0.4 is 10.2 Å². The molecule has 0 bridgehead atoms. The van der Waals surface area contributed by atoms with Crippen molar-refractivity contribution in [1.29, 1.82) is 0 Å². The van der Waals surface area contributed by atoms with Gasteiger partial charge < -0.3 is 10.2 Å².